The number of nitrogens with zero attached hydrogens (tertiary/aromatic N) is 3. The van der Waals surface area contributed by atoms with Gasteiger partial charge in [-0.15, -0.1) is 0 Å². The summed E-state index contributed by atoms with van der Waals surface area (Å²) >= 11 is 0. The van der Waals surface area contributed by atoms with E-state index in [1.54, 1.807) is 4.90 Å². The quantitative estimate of drug-likeness (QED) is 0.819. The van der Waals surface area contributed by atoms with Crippen molar-refractivity contribution in [2.24, 2.45) is 0 Å². The van der Waals surface area contributed by atoms with Gasteiger partial charge in [0.15, 0.2) is 0 Å². The number of carbonyl (C=O) groups excluding carboxylic acids is 1. The molecule has 0 radical (unpaired) electrons. The zero-order valence-electron chi connectivity index (χ0n) is 16.1. The third-order valence-electron chi connectivity index (χ3n) is 5.11. The van der Waals surface area contributed by atoms with Gasteiger partial charge in [-0.3, -0.25) is 4.79 Å². The summed E-state index contributed by atoms with van der Waals surface area (Å²) in [6.45, 7) is 9.76. The summed E-state index contributed by atoms with van der Waals surface area (Å²) in [5.41, 5.74) is 5.00. The first-order valence-electron chi connectivity index (χ1n) is 8.61. The second-order valence-corrected chi connectivity index (χ2v) is 9.11. The van der Waals surface area contributed by atoms with Crippen LogP contribution in [0.4, 0.5) is 0 Å². The van der Waals surface area contributed by atoms with Gasteiger partial charge in [-0.1, -0.05) is 6.07 Å². The third-order valence-corrected chi connectivity index (χ3v) is 7.05. The molecule has 1 heterocycles. The molecule has 25 heavy (non-hydrogen) atoms. The Morgan fingerprint density at radius 1 is 0.960 bits per heavy atom. The number of rotatable bonds is 3. The zero-order valence-corrected chi connectivity index (χ0v) is 16.9. The zero-order chi connectivity index (χ0) is 18.9. The van der Waals surface area contributed by atoms with Crippen LogP contribution in [-0.2, 0) is 10.2 Å². The molecule has 1 aromatic carbocycles. The fourth-order valence-electron chi connectivity index (χ4n) is 3.25. The molecule has 0 aliphatic carbocycles. The minimum absolute atomic E-state index is 0.00546. The van der Waals surface area contributed by atoms with E-state index in [1.165, 1.54) is 22.7 Å². The molecule has 0 unspecified atom stereocenters. The van der Waals surface area contributed by atoms with Crippen molar-refractivity contribution < 1.29 is 13.2 Å². The molecule has 0 aromatic heterocycles. The molecule has 0 N–H and O–H groups in total. The molecule has 1 fully saturated rings. The Hall–Kier alpha value is -1.44. The van der Waals surface area contributed by atoms with E-state index < -0.39 is 10.2 Å². The molecule has 7 heteroatoms. The largest absolute Gasteiger partial charge is 0.337 e. The molecule has 6 nitrogen and oxygen atoms in total. The van der Waals surface area contributed by atoms with Gasteiger partial charge in [-0.2, -0.15) is 17.0 Å². The molecule has 0 atom stereocenters. The van der Waals surface area contributed by atoms with Crippen LogP contribution in [0, 0.1) is 27.7 Å². The Morgan fingerprint density at radius 2 is 1.52 bits per heavy atom. The molecular formula is C18H29N3O3S. The lowest BCUT2D eigenvalue weighted by Crippen LogP contribution is -2.42. The van der Waals surface area contributed by atoms with E-state index in [2.05, 4.69) is 6.07 Å². The smallest absolute Gasteiger partial charge is 0.281 e. The Balaban J connectivity index is 2.26. The Morgan fingerprint density at radius 3 is 2.04 bits per heavy atom. The fourth-order valence-corrected chi connectivity index (χ4v) is 4.39. The molecule has 0 saturated carbocycles. The summed E-state index contributed by atoms with van der Waals surface area (Å²) in [5.74, 6) is 0.00546. The maximum atomic E-state index is 13.1. The molecule has 1 saturated heterocycles. The number of hydrogen-bond donors (Lipinski definition) is 0. The topological polar surface area (TPSA) is 60.9 Å². The van der Waals surface area contributed by atoms with E-state index in [0.717, 1.165) is 27.8 Å². The summed E-state index contributed by atoms with van der Waals surface area (Å²) in [5, 5.41) is 0. The fraction of sp³-hybridized carbons (Fsp3) is 0.611. The lowest BCUT2D eigenvalue weighted by Gasteiger charge is -2.25. The van der Waals surface area contributed by atoms with Crippen molar-refractivity contribution in [2.75, 3.05) is 40.3 Å². The highest BCUT2D eigenvalue weighted by Crippen LogP contribution is 2.24. The SMILES string of the molecule is Cc1cc(C)c(C)c(C(=O)N2CCCN(S(=O)(=O)N(C)C)CC2)c1C. The van der Waals surface area contributed by atoms with Crippen LogP contribution in [0.3, 0.4) is 0 Å². The van der Waals surface area contributed by atoms with Crippen molar-refractivity contribution in [3.63, 3.8) is 0 Å². The maximum Gasteiger partial charge on any atom is 0.281 e. The number of aryl methyl sites for hydroxylation is 2. The number of benzene rings is 1. The predicted octanol–water partition coefficient (Wildman–Crippen LogP) is 1.87. The van der Waals surface area contributed by atoms with Gasteiger partial charge < -0.3 is 4.90 Å². The van der Waals surface area contributed by atoms with Gasteiger partial charge in [-0.25, -0.2) is 0 Å². The molecular weight excluding hydrogens is 338 g/mol. The summed E-state index contributed by atoms with van der Waals surface area (Å²) in [6, 6.07) is 2.11. The molecule has 1 amide bonds. The van der Waals surface area contributed by atoms with E-state index in [-0.39, 0.29) is 5.91 Å². The van der Waals surface area contributed by atoms with Crippen LogP contribution in [0.25, 0.3) is 0 Å². The molecule has 0 bridgehead atoms. The summed E-state index contributed by atoms with van der Waals surface area (Å²) in [4.78, 5) is 14.9. The molecule has 1 aromatic rings. The van der Waals surface area contributed by atoms with E-state index in [4.69, 9.17) is 0 Å². The normalized spacial score (nSPS) is 17.0. The third kappa shape index (κ3) is 3.88. The van der Waals surface area contributed by atoms with Crippen LogP contribution in [-0.4, -0.2) is 68.1 Å². The highest BCUT2D eigenvalue weighted by molar-refractivity contribution is 7.86. The first-order valence-corrected chi connectivity index (χ1v) is 10.0. The molecule has 1 aliphatic heterocycles. The van der Waals surface area contributed by atoms with Gasteiger partial charge >= 0.3 is 0 Å². The second-order valence-electron chi connectivity index (χ2n) is 6.97. The van der Waals surface area contributed by atoms with Crippen LogP contribution in [0.15, 0.2) is 6.07 Å². The summed E-state index contributed by atoms with van der Waals surface area (Å²) in [7, 11) is -0.372. The van der Waals surface area contributed by atoms with Crippen molar-refractivity contribution in [3.8, 4) is 0 Å². The van der Waals surface area contributed by atoms with Gasteiger partial charge in [0.2, 0.25) is 0 Å². The van der Waals surface area contributed by atoms with E-state index in [0.29, 0.717) is 32.6 Å². The van der Waals surface area contributed by atoms with Crippen LogP contribution >= 0.6 is 0 Å². The average molecular weight is 368 g/mol. The molecule has 140 valence electrons. The Bertz CT molecular complexity index is 746. The number of hydrogen-bond acceptors (Lipinski definition) is 3. The lowest BCUT2D eigenvalue weighted by atomic mass is 9.93. The van der Waals surface area contributed by atoms with Crippen LogP contribution in [0.1, 0.15) is 39.0 Å². The lowest BCUT2D eigenvalue weighted by molar-refractivity contribution is 0.0762. The predicted molar refractivity (Wildman–Crippen MR) is 100 cm³/mol. The Kier molecular flexibility index (Phi) is 5.91. The van der Waals surface area contributed by atoms with Crippen molar-refractivity contribution in [2.45, 2.75) is 34.1 Å². The molecule has 2 rings (SSSR count). The van der Waals surface area contributed by atoms with Crippen LogP contribution < -0.4 is 0 Å². The van der Waals surface area contributed by atoms with Crippen LogP contribution in [0.2, 0.25) is 0 Å². The monoisotopic (exact) mass is 367 g/mol. The second kappa shape index (κ2) is 7.43. The van der Waals surface area contributed by atoms with Crippen LogP contribution in [0.5, 0.6) is 0 Å². The van der Waals surface area contributed by atoms with E-state index in [1.807, 2.05) is 27.7 Å². The molecule has 1 aliphatic rings. The Labute approximate surface area is 151 Å². The summed E-state index contributed by atoms with van der Waals surface area (Å²) in [6.07, 6.45) is 0.641. The average Bonchev–Trinajstić information content (AvgIpc) is 2.79. The maximum absolute atomic E-state index is 13.1. The van der Waals surface area contributed by atoms with Gasteiger partial charge in [0.05, 0.1) is 0 Å². The first kappa shape index (κ1) is 19.9. The highest BCUT2D eigenvalue weighted by atomic mass is 32.2. The van der Waals surface area contributed by atoms with Gasteiger partial charge in [-0.05, 0) is 56.4 Å². The first-order chi connectivity index (χ1) is 11.6. The van der Waals surface area contributed by atoms with Gasteiger partial charge in [0.1, 0.15) is 0 Å². The standard InChI is InChI=1S/C18H29N3O3S/c1-13-12-14(2)16(4)17(15(13)3)18(22)20-8-7-9-21(11-10-20)25(23,24)19(5)6/h12H,7-11H2,1-6H3. The highest BCUT2D eigenvalue weighted by Gasteiger charge is 2.29. The van der Waals surface area contributed by atoms with Crippen molar-refractivity contribution in [1.29, 1.82) is 0 Å². The minimum Gasteiger partial charge on any atom is -0.337 e. The number of carbonyl (C=O) groups is 1. The molecule has 0 spiro atoms. The van der Waals surface area contributed by atoms with E-state index in [9.17, 15) is 13.2 Å². The van der Waals surface area contributed by atoms with E-state index >= 15 is 0 Å². The minimum atomic E-state index is -3.44. The van der Waals surface area contributed by atoms with Crippen molar-refractivity contribution in [1.82, 2.24) is 13.5 Å². The van der Waals surface area contributed by atoms with Gasteiger partial charge in [0.25, 0.3) is 16.1 Å². The van der Waals surface area contributed by atoms with Crippen molar-refractivity contribution in [3.05, 3.63) is 33.9 Å². The summed E-state index contributed by atoms with van der Waals surface area (Å²) < 4.78 is 27.3. The van der Waals surface area contributed by atoms with Crippen molar-refractivity contribution >= 4 is 16.1 Å². The number of amides is 1. The van der Waals surface area contributed by atoms with Gasteiger partial charge in [0, 0.05) is 45.8 Å².